The van der Waals surface area contributed by atoms with Crippen LogP contribution in [0, 0.1) is 12.1 Å². The Kier molecular flexibility index (Phi) is 10.4. The maximum Gasteiger partial charge on any atom is 0.0795 e. The minimum atomic E-state index is -1.23. The third-order valence-corrected chi connectivity index (χ3v) is 11.6. The third-order valence-electron chi connectivity index (χ3n) is 8.42. The van der Waals surface area contributed by atoms with E-state index in [9.17, 15) is 0 Å². The zero-order valence-electron chi connectivity index (χ0n) is 30.6. The Bertz CT molecular complexity index is 2220. The van der Waals surface area contributed by atoms with Gasteiger partial charge in [-0.2, -0.15) is 11.3 Å². The second-order valence-electron chi connectivity index (χ2n) is 13.3. The second-order valence-corrected chi connectivity index (χ2v) is 19.5. The fraction of sp³-hybridized carbons (Fsp3) is 0.209. The van der Waals surface area contributed by atoms with Crippen molar-refractivity contribution in [1.82, 2.24) is 9.97 Å². The largest absolute Gasteiger partial charge is 0.305 e. The summed E-state index contributed by atoms with van der Waals surface area (Å²) in [6.07, 6.45) is 3.81. The van der Waals surface area contributed by atoms with Gasteiger partial charge in [0.15, 0.2) is 0 Å². The molecule has 0 fully saturated rings. The maximum absolute atomic E-state index is 8.49. The van der Waals surface area contributed by atoms with E-state index in [0.29, 0.717) is 0 Å². The van der Waals surface area contributed by atoms with Crippen LogP contribution in [-0.2, 0) is 20.1 Å². The molecule has 0 aliphatic heterocycles. The Balaban J connectivity index is 0.000000241. The third kappa shape index (κ3) is 7.77. The van der Waals surface area contributed by atoms with Crippen molar-refractivity contribution in [3.63, 3.8) is 0 Å². The van der Waals surface area contributed by atoms with Crippen molar-refractivity contribution in [2.75, 3.05) is 0 Å². The van der Waals surface area contributed by atoms with Crippen LogP contribution in [0.2, 0.25) is 19.6 Å². The number of hydrogen-bond donors (Lipinski definition) is 0. The SMILES string of the molecule is C[Si](C)(C)c1ccc(-c2[c-]cccc2)nc1.[2H]C(C)(C)c1ccnc(-c2[c-]cc(-c3ccccc3)c3c2sc2cc(C([2H])(C)C)ccc23)c1.[Ir]. The quantitative estimate of drug-likeness (QED) is 0.123. The predicted molar refractivity (Wildman–Crippen MR) is 207 cm³/mol. The standard InChI is InChI=1S/C29H26NS.C14H16NSi.Ir/c1-18(2)21-10-11-25-27(17-21)31-29-24(26-16-22(19(3)4)14-15-30-26)13-12-23(28(25)29)20-8-6-5-7-9-20;1-16(2,3)13-9-10-14(15-11-13)12-7-5-4-6-8-12;/h5-12,14-19H,1-4H3;4-7,9-11H,1-3H3;/q2*-1;/i18D,19D;;. The summed E-state index contributed by atoms with van der Waals surface area (Å²) in [5.41, 5.74) is 8.10. The van der Waals surface area contributed by atoms with E-state index in [2.05, 4.69) is 102 Å². The molecule has 0 aliphatic rings. The molecule has 0 amide bonds. The number of nitrogens with zero attached hydrogens (tertiary/aromatic N) is 2. The molecule has 0 aliphatic carbocycles. The van der Waals surface area contributed by atoms with E-state index in [1.165, 1.54) is 16.0 Å². The normalized spacial score (nSPS) is 12.5. The van der Waals surface area contributed by atoms with Crippen molar-refractivity contribution in [3.05, 3.63) is 139 Å². The molecule has 48 heavy (non-hydrogen) atoms. The minimum absolute atomic E-state index is 0. The van der Waals surface area contributed by atoms with Crippen molar-refractivity contribution < 1.29 is 22.8 Å². The molecule has 0 saturated carbocycles. The molecular formula is C43H42IrN2SSi-2. The van der Waals surface area contributed by atoms with Gasteiger partial charge in [-0.15, -0.1) is 53.6 Å². The van der Waals surface area contributed by atoms with Crippen LogP contribution in [0.1, 0.15) is 53.4 Å². The van der Waals surface area contributed by atoms with Gasteiger partial charge in [0.05, 0.1) is 8.07 Å². The first-order valence-corrected chi connectivity index (χ1v) is 20.4. The van der Waals surface area contributed by atoms with Crippen LogP contribution in [0.15, 0.2) is 116 Å². The number of hydrogen-bond acceptors (Lipinski definition) is 3. The number of rotatable bonds is 6. The van der Waals surface area contributed by atoms with Crippen LogP contribution in [0.5, 0.6) is 0 Å². The average Bonchev–Trinajstić information content (AvgIpc) is 3.47. The summed E-state index contributed by atoms with van der Waals surface area (Å²) < 4.78 is 19.2. The predicted octanol–water partition coefficient (Wildman–Crippen LogP) is 11.9. The van der Waals surface area contributed by atoms with E-state index >= 15 is 0 Å². The van der Waals surface area contributed by atoms with Crippen LogP contribution >= 0.6 is 11.3 Å². The molecular weight excluding hydrogens is 797 g/mol. The zero-order chi connectivity index (χ0) is 35.0. The number of benzene rings is 4. The average molecular weight is 841 g/mol. The Morgan fingerprint density at radius 1 is 0.750 bits per heavy atom. The fourth-order valence-electron chi connectivity index (χ4n) is 5.60. The molecule has 0 spiro atoms. The number of aromatic nitrogens is 2. The summed E-state index contributed by atoms with van der Waals surface area (Å²) >= 11 is 1.73. The topological polar surface area (TPSA) is 25.8 Å². The maximum atomic E-state index is 8.49. The first-order chi connectivity index (χ1) is 23.2. The summed E-state index contributed by atoms with van der Waals surface area (Å²) in [6, 6.07) is 41.8. The van der Waals surface area contributed by atoms with Gasteiger partial charge in [-0.05, 0) is 56.1 Å². The van der Waals surface area contributed by atoms with E-state index in [1.54, 1.807) is 17.5 Å². The van der Waals surface area contributed by atoms with Gasteiger partial charge >= 0.3 is 0 Å². The fourth-order valence-corrected chi connectivity index (χ4v) is 7.91. The molecule has 1 radical (unpaired) electrons. The van der Waals surface area contributed by atoms with Crippen LogP contribution in [0.25, 0.3) is 53.8 Å². The van der Waals surface area contributed by atoms with Crippen molar-refractivity contribution in [3.8, 4) is 33.6 Å². The van der Waals surface area contributed by atoms with Crippen LogP contribution in [-0.4, -0.2) is 18.0 Å². The molecule has 7 rings (SSSR count). The summed E-state index contributed by atoms with van der Waals surface area (Å²) in [4.78, 5) is 9.18. The van der Waals surface area contributed by atoms with Gasteiger partial charge < -0.3 is 9.97 Å². The molecule has 3 aromatic heterocycles. The minimum Gasteiger partial charge on any atom is -0.305 e. The van der Waals surface area contributed by atoms with E-state index in [4.69, 9.17) is 2.74 Å². The van der Waals surface area contributed by atoms with E-state index in [0.717, 1.165) is 54.2 Å². The molecule has 0 N–H and O–H groups in total. The molecule has 0 saturated heterocycles. The number of thiophene rings is 1. The van der Waals surface area contributed by atoms with Crippen molar-refractivity contribution >= 4 is 44.8 Å². The van der Waals surface area contributed by atoms with Gasteiger partial charge in [0.2, 0.25) is 0 Å². The summed E-state index contributed by atoms with van der Waals surface area (Å²) in [5.74, 6) is -1.35. The molecule has 5 heteroatoms. The smallest absolute Gasteiger partial charge is 0.0795 e. The zero-order valence-corrected chi connectivity index (χ0v) is 32.8. The summed E-state index contributed by atoms with van der Waals surface area (Å²) in [7, 11) is -1.23. The van der Waals surface area contributed by atoms with Gasteiger partial charge in [0.25, 0.3) is 0 Å². The van der Waals surface area contributed by atoms with Gasteiger partial charge in [0.1, 0.15) is 0 Å². The molecule has 7 aromatic rings. The molecule has 2 nitrogen and oxygen atoms in total. The van der Waals surface area contributed by atoms with E-state index in [-0.39, 0.29) is 20.1 Å². The van der Waals surface area contributed by atoms with Gasteiger partial charge in [-0.3, -0.25) is 0 Å². The molecule has 0 unspecified atom stereocenters. The monoisotopic (exact) mass is 841 g/mol. The number of pyridine rings is 2. The van der Waals surface area contributed by atoms with Crippen LogP contribution in [0.3, 0.4) is 0 Å². The molecule has 0 atom stereocenters. The van der Waals surface area contributed by atoms with Crippen molar-refractivity contribution in [2.24, 2.45) is 0 Å². The van der Waals surface area contributed by atoms with Gasteiger partial charge in [0, 0.05) is 39.9 Å². The van der Waals surface area contributed by atoms with Gasteiger partial charge in [-0.25, -0.2) is 0 Å². The van der Waals surface area contributed by atoms with Crippen LogP contribution in [0.4, 0.5) is 0 Å². The molecule has 4 aromatic carbocycles. The van der Waals surface area contributed by atoms with Crippen molar-refractivity contribution in [2.45, 2.75) is 59.1 Å². The van der Waals surface area contributed by atoms with Gasteiger partial charge in [-0.1, -0.05) is 130 Å². The van der Waals surface area contributed by atoms with E-state index < -0.39 is 19.9 Å². The first kappa shape index (κ1) is 32.8. The Hall–Kier alpha value is -3.73. The molecule has 245 valence electrons. The Labute approximate surface area is 307 Å². The Morgan fingerprint density at radius 3 is 2.12 bits per heavy atom. The first-order valence-electron chi connectivity index (χ1n) is 17.1. The van der Waals surface area contributed by atoms with E-state index in [1.807, 2.05) is 76.4 Å². The second kappa shape index (κ2) is 15.2. The van der Waals surface area contributed by atoms with Crippen LogP contribution < -0.4 is 5.19 Å². The Morgan fingerprint density at radius 2 is 1.48 bits per heavy atom. The van der Waals surface area contributed by atoms with Crippen molar-refractivity contribution in [1.29, 1.82) is 0 Å². The summed E-state index contributed by atoms with van der Waals surface area (Å²) in [6.45, 7) is 14.6. The molecule has 3 heterocycles. The molecule has 0 bridgehead atoms. The summed E-state index contributed by atoms with van der Waals surface area (Å²) in [5, 5.41) is 3.78. The number of fused-ring (bicyclic) bond motifs is 3.